The Bertz CT molecular complexity index is 261. The van der Waals surface area contributed by atoms with Gasteiger partial charge in [-0.15, -0.1) is 0 Å². The van der Waals surface area contributed by atoms with Crippen molar-refractivity contribution in [2.45, 2.75) is 19.1 Å². The molecule has 1 atom stereocenters. The van der Waals surface area contributed by atoms with Crippen LogP contribution in [-0.4, -0.2) is 16.2 Å². The van der Waals surface area contributed by atoms with Gasteiger partial charge in [0.1, 0.15) is 10.8 Å². The molecule has 1 fully saturated rings. The van der Waals surface area contributed by atoms with Crippen LogP contribution in [0.5, 0.6) is 0 Å². The van der Waals surface area contributed by atoms with Crippen molar-refractivity contribution in [3.63, 3.8) is 0 Å². The quantitative estimate of drug-likeness (QED) is 0.798. The minimum Gasteiger partial charge on any atom is -0.369 e. The summed E-state index contributed by atoms with van der Waals surface area (Å²) >= 11 is 3.37. The molecule has 5 heteroatoms. The Labute approximate surface area is 78.8 Å². The molecule has 1 saturated heterocycles. The first-order chi connectivity index (χ1) is 5.79. The number of ether oxygens (including phenoxy) is 1. The summed E-state index contributed by atoms with van der Waals surface area (Å²) in [6.07, 6.45) is 3.87. The van der Waals surface area contributed by atoms with Crippen LogP contribution in [0.3, 0.4) is 0 Å². The average Bonchev–Trinajstić information content (AvgIpc) is 2.61. The molecule has 0 spiro atoms. The van der Waals surface area contributed by atoms with Crippen LogP contribution in [-0.2, 0) is 4.74 Å². The molecule has 4 nitrogen and oxygen atoms in total. The molecular weight excluding hydrogens is 222 g/mol. The lowest BCUT2D eigenvalue weighted by Gasteiger charge is -2.13. The van der Waals surface area contributed by atoms with E-state index in [0.717, 1.165) is 24.1 Å². The van der Waals surface area contributed by atoms with Crippen molar-refractivity contribution in [1.82, 2.24) is 9.55 Å². The highest BCUT2D eigenvalue weighted by Crippen LogP contribution is 2.28. The van der Waals surface area contributed by atoms with Crippen LogP contribution in [0.25, 0.3) is 0 Å². The molecule has 1 aromatic rings. The fourth-order valence-electron chi connectivity index (χ4n) is 1.40. The molecule has 0 saturated carbocycles. The van der Waals surface area contributed by atoms with Crippen molar-refractivity contribution in [2.75, 3.05) is 12.3 Å². The predicted octanol–water partition coefficient (Wildman–Crippen LogP) is 1.54. The summed E-state index contributed by atoms with van der Waals surface area (Å²) in [6, 6.07) is 0. The standard InChI is InChI=1S/C7H10BrN3O/c8-5-4-10-7(9)11(5)6-2-1-3-12-6/h4,6H,1-3H2,(H2,9,10). The van der Waals surface area contributed by atoms with Crippen molar-refractivity contribution in [2.24, 2.45) is 0 Å². The Morgan fingerprint density at radius 3 is 3.08 bits per heavy atom. The van der Waals surface area contributed by atoms with Crippen molar-refractivity contribution in [3.8, 4) is 0 Å². The second-order valence-corrected chi connectivity index (χ2v) is 3.59. The highest BCUT2D eigenvalue weighted by molar-refractivity contribution is 9.10. The maximum Gasteiger partial charge on any atom is 0.203 e. The van der Waals surface area contributed by atoms with Crippen LogP contribution < -0.4 is 5.73 Å². The summed E-state index contributed by atoms with van der Waals surface area (Å²) in [7, 11) is 0. The predicted molar refractivity (Wildman–Crippen MR) is 48.6 cm³/mol. The van der Waals surface area contributed by atoms with Gasteiger partial charge in [0, 0.05) is 6.61 Å². The first kappa shape index (κ1) is 8.07. The molecule has 66 valence electrons. The van der Waals surface area contributed by atoms with Crippen molar-refractivity contribution >= 4 is 21.9 Å². The van der Waals surface area contributed by atoms with Crippen LogP contribution in [0, 0.1) is 0 Å². The van der Waals surface area contributed by atoms with E-state index < -0.39 is 0 Å². The Hall–Kier alpha value is -0.550. The monoisotopic (exact) mass is 231 g/mol. The van der Waals surface area contributed by atoms with Crippen molar-refractivity contribution in [1.29, 1.82) is 0 Å². The molecule has 1 aromatic heterocycles. The maximum absolute atomic E-state index is 5.66. The third kappa shape index (κ3) is 1.23. The Kier molecular flexibility index (Phi) is 2.06. The van der Waals surface area contributed by atoms with Crippen LogP contribution in [0.4, 0.5) is 5.95 Å². The topological polar surface area (TPSA) is 53.1 Å². The van der Waals surface area contributed by atoms with Gasteiger partial charge in [-0.1, -0.05) is 0 Å². The summed E-state index contributed by atoms with van der Waals surface area (Å²) in [5.41, 5.74) is 5.66. The van der Waals surface area contributed by atoms with E-state index in [1.54, 1.807) is 6.20 Å². The lowest BCUT2D eigenvalue weighted by molar-refractivity contribution is 0.0567. The number of hydrogen-bond acceptors (Lipinski definition) is 3. The number of nitrogens with two attached hydrogens (primary N) is 1. The first-order valence-electron chi connectivity index (χ1n) is 3.89. The second-order valence-electron chi connectivity index (χ2n) is 2.78. The SMILES string of the molecule is Nc1ncc(Br)n1C1CCCO1. The number of imidazole rings is 1. The number of anilines is 1. The number of rotatable bonds is 1. The molecule has 2 N–H and O–H groups in total. The molecule has 1 aliphatic rings. The lowest BCUT2D eigenvalue weighted by atomic mass is 10.3. The van der Waals surface area contributed by atoms with Crippen molar-refractivity contribution in [3.05, 3.63) is 10.8 Å². The second kappa shape index (κ2) is 3.06. The molecular formula is C7H10BrN3O. The van der Waals surface area contributed by atoms with E-state index in [1.807, 2.05) is 4.57 Å². The molecule has 1 aliphatic heterocycles. The highest BCUT2D eigenvalue weighted by atomic mass is 79.9. The van der Waals surface area contributed by atoms with Crippen LogP contribution >= 0.6 is 15.9 Å². The Balaban J connectivity index is 2.30. The van der Waals surface area contributed by atoms with Gasteiger partial charge in [-0.2, -0.15) is 0 Å². The molecule has 0 bridgehead atoms. The van der Waals surface area contributed by atoms with Gasteiger partial charge in [-0.3, -0.25) is 4.57 Å². The Morgan fingerprint density at radius 1 is 1.75 bits per heavy atom. The lowest BCUT2D eigenvalue weighted by Crippen LogP contribution is -2.10. The first-order valence-corrected chi connectivity index (χ1v) is 4.68. The van der Waals surface area contributed by atoms with E-state index in [1.165, 1.54) is 0 Å². The number of aromatic nitrogens is 2. The van der Waals surface area contributed by atoms with Gasteiger partial charge in [0.15, 0.2) is 0 Å². The van der Waals surface area contributed by atoms with E-state index in [0.29, 0.717) is 5.95 Å². The van der Waals surface area contributed by atoms with E-state index in [4.69, 9.17) is 10.5 Å². The third-order valence-corrected chi connectivity index (χ3v) is 2.56. The van der Waals surface area contributed by atoms with Crippen molar-refractivity contribution < 1.29 is 4.74 Å². The van der Waals surface area contributed by atoms with E-state index in [2.05, 4.69) is 20.9 Å². The molecule has 2 rings (SSSR count). The van der Waals surface area contributed by atoms with Gasteiger partial charge < -0.3 is 10.5 Å². The zero-order valence-corrected chi connectivity index (χ0v) is 8.12. The van der Waals surface area contributed by atoms with Crippen LogP contribution in [0.15, 0.2) is 10.8 Å². The third-order valence-electron chi connectivity index (χ3n) is 1.97. The number of nitrogen functional groups attached to an aromatic ring is 1. The summed E-state index contributed by atoms with van der Waals surface area (Å²) in [5.74, 6) is 0.508. The zero-order chi connectivity index (χ0) is 8.55. The molecule has 12 heavy (non-hydrogen) atoms. The largest absolute Gasteiger partial charge is 0.369 e. The van der Waals surface area contributed by atoms with E-state index in [-0.39, 0.29) is 6.23 Å². The van der Waals surface area contributed by atoms with Crippen LogP contribution in [0.2, 0.25) is 0 Å². The molecule has 0 amide bonds. The number of hydrogen-bond donors (Lipinski definition) is 1. The summed E-state index contributed by atoms with van der Waals surface area (Å²) in [6.45, 7) is 0.814. The molecule has 0 aromatic carbocycles. The maximum atomic E-state index is 5.66. The molecule has 2 heterocycles. The van der Waals surface area contributed by atoms with Gasteiger partial charge in [-0.05, 0) is 28.8 Å². The number of nitrogens with zero attached hydrogens (tertiary/aromatic N) is 2. The zero-order valence-electron chi connectivity index (χ0n) is 6.53. The normalized spacial score (nSPS) is 23.2. The Morgan fingerprint density at radius 2 is 2.58 bits per heavy atom. The van der Waals surface area contributed by atoms with Crippen LogP contribution in [0.1, 0.15) is 19.1 Å². The number of halogens is 1. The minimum absolute atomic E-state index is 0.0712. The minimum atomic E-state index is 0.0712. The van der Waals surface area contributed by atoms with Gasteiger partial charge in [0.2, 0.25) is 5.95 Å². The highest BCUT2D eigenvalue weighted by Gasteiger charge is 2.21. The smallest absolute Gasteiger partial charge is 0.203 e. The fraction of sp³-hybridized carbons (Fsp3) is 0.571. The molecule has 0 radical (unpaired) electrons. The van der Waals surface area contributed by atoms with E-state index in [9.17, 15) is 0 Å². The summed E-state index contributed by atoms with van der Waals surface area (Å²) in [4.78, 5) is 3.97. The summed E-state index contributed by atoms with van der Waals surface area (Å²) < 4.78 is 8.22. The van der Waals surface area contributed by atoms with E-state index >= 15 is 0 Å². The summed E-state index contributed by atoms with van der Waals surface area (Å²) in [5, 5.41) is 0. The fourth-order valence-corrected chi connectivity index (χ4v) is 1.92. The molecule has 0 aliphatic carbocycles. The van der Waals surface area contributed by atoms with Gasteiger partial charge in [0.05, 0.1) is 6.20 Å². The average molecular weight is 232 g/mol. The molecule has 1 unspecified atom stereocenters. The van der Waals surface area contributed by atoms with Gasteiger partial charge >= 0.3 is 0 Å². The van der Waals surface area contributed by atoms with Gasteiger partial charge in [0.25, 0.3) is 0 Å². The van der Waals surface area contributed by atoms with Gasteiger partial charge in [-0.25, -0.2) is 4.98 Å².